The van der Waals surface area contributed by atoms with Gasteiger partial charge in [0.15, 0.2) is 0 Å². The van der Waals surface area contributed by atoms with Crippen molar-refractivity contribution in [1.82, 2.24) is 0 Å². The largest absolute Gasteiger partial charge is 0.0807 e. The highest BCUT2D eigenvalue weighted by molar-refractivity contribution is 5.36. The zero-order valence-corrected chi connectivity index (χ0v) is 8.97. The predicted molar refractivity (Wildman–Crippen MR) is 60.1 cm³/mol. The zero-order valence-electron chi connectivity index (χ0n) is 8.97. The van der Waals surface area contributed by atoms with Gasteiger partial charge in [0.1, 0.15) is 0 Å². The van der Waals surface area contributed by atoms with Crippen LogP contribution in [0.4, 0.5) is 0 Å². The third kappa shape index (κ3) is 1.45. The fraction of sp³-hybridized carbons (Fsp3) is 0.714. The average molecular weight is 188 g/mol. The van der Waals surface area contributed by atoms with Gasteiger partial charge in [0.25, 0.3) is 0 Å². The highest BCUT2D eigenvalue weighted by Gasteiger charge is 2.32. The Balaban J connectivity index is 1.81. The Kier molecular flexibility index (Phi) is 2.23. The molecule has 2 saturated carbocycles. The lowest BCUT2D eigenvalue weighted by Gasteiger charge is -2.39. The molecule has 14 heavy (non-hydrogen) atoms. The van der Waals surface area contributed by atoms with Crippen LogP contribution in [0.2, 0.25) is 0 Å². The second kappa shape index (κ2) is 3.56. The molecule has 0 radical (unpaired) electrons. The number of fused-ring (bicyclic) bond motifs is 2. The van der Waals surface area contributed by atoms with E-state index in [2.05, 4.69) is 12.2 Å². The summed E-state index contributed by atoms with van der Waals surface area (Å²) in [7, 11) is 0. The SMILES string of the molecule is C1=C2CC3CCCCC3CC2=CCC1. The quantitative estimate of drug-likeness (QED) is 0.533. The summed E-state index contributed by atoms with van der Waals surface area (Å²) >= 11 is 0. The summed E-state index contributed by atoms with van der Waals surface area (Å²) in [5.74, 6) is 2.09. The number of allylic oxidation sites excluding steroid dienone is 4. The molecular formula is C14H20. The van der Waals surface area contributed by atoms with Crippen LogP contribution >= 0.6 is 0 Å². The smallest absolute Gasteiger partial charge is 0.0248 e. The summed E-state index contributed by atoms with van der Waals surface area (Å²) in [6.45, 7) is 0. The van der Waals surface area contributed by atoms with Crippen LogP contribution in [0.5, 0.6) is 0 Å². The van der Waals surface area contributed by atoms with Crippen LogP contribution in [0, 0.1) is 11.8 Å². The first-order valence-electron chi connectivity index (χ1n) is 6.32. The van der Waals surface area contributed by atoms with E-state index >= 15 is 0 Å². The monoisotopic (exact) mass is 188 g/mol. The van der Waals surface area contributed by atoms with E-state index in [1.807, 2.05) is 0 Å². The van der Waals surface area contributed by atoms with Gasteiger partial charge in [-0.2, -0.15) is 0 Å². The summed E-state index contributed by atoms with van der Waals surface area (Å²) in [6, 6.07) is 0. The molecule has 0 bridgehead atoms. The topological polar surface area (TPSA) is 0 Å². The minimum atomic E-state index is 1.05. The summed E-state index contributed by atoms with van der Waals surface area (Å²) in [5, 5.41) is 0. The second-order valence-electron chi connectivity index (χ2n) is 5.25. The lowest BCUT2D eigenvalue weighted by atomic mass is 9.67. The second-order valence-corrected chi connectivity index (χ2v) is 5.25. The molecule has 0 N–H and O–H groups in total. The maximum atomic E-state index is 2.51. The van der Waals surface area contributed by atoms with E-state index < -0.39 is 0 Å². The lowest BCUT2D eigenvalue weighted by molar-refractivity contribution is 0.218. The molecule has 0 aromatic carbocycles. The molecule has 3 rings (SSSR count). The Morgan fingerprint density at radius 2 is 1.29 bits per heavy atom. The fourth-order valence-corrected chi connectivity index (χ4v) is 3.59. The Morgan fingerprint density at radius 1 is 0.786 bits per heavy atom. The molecule has 0 nitrogen and oxygen atoms in total. The van der Waals surface area contributed by atoms with Crippen molar-refractivity contribution in [1.29, 1.82) is 0 Å². The van der Waals surface area contributed by atoms with E-state index in [4.69, 9.17) is 0 Å². The molecule has 2 unspecified atom stereocenters. The molecular weight excluding hydrogens is 168 g/mol. The van der Waals surface area contributed by atoms with E-state index in [0.717, 1.165) is 11.8 Å². The van der Waals surface area contributed by atoms with Gasteiger partial charge in [-0.1, -0.05) is 25.0 Å². The van der Waals surface area contributed by atoms with E-state index in [9.17, 15) is 0 Å². The maximum Gasteiger partial charge on any atom is -0.0248 e. The molecule has 0 saturated heterocycles. The van der Waals surface area contributed by atoms with Crippen LogP contribution in [0.1, 0.15) is 51.4 Å². The van der Waals surface area contributed by atoms with E-state index in [1.54, 1.807) is 11.1 Å². The van der Waals surface area contributed by atoms with Crippen molar-refractivity contribution in [2.45, 2.75) is 51.4 Å². The van der Waals surface area contributed by atoms with Crippen LogP contribution in [0.25, 0.3) is 0 Å². The van der Waals surface area contributed by atoms with Crippen LogP contribution in [0.15, 0.2) is 23.3 Å². The molecule has 2 fully saturated rings. The third-order valence-corrected chi connectivity index (χ3v) is 4.39. The Bertz CT molecular complexity index is 252. The van der Waals surface area contributed by atoms with Gasteiger partial charge in [-0.25, -0.2) is 0 Å². The molecule has 0 spiro atoms. The van der Waals surface area contributed by atoms with Crippen LogP contribution in [0.3, 0.4) is 0 Å². The molecule has 0 heteroatoms. The molecule has 0 aromatic rings. The van der Waals surface area contributed by atoms with Gasteiger partial charge in [0.2, 0.25) is 0 Å². The van der Waals surface area contributed by atoms with Crippen LogP contribution in [-0.2, 0) is 0 Å². The molecule has 3 aliphatic rings. The predicted octanol–water partition coefficient (Wildman–Crippen LogP) is 4.23. The maximum absolute atomic E-state index is 2.51. The third-order valence-electron chi connectivity index (χ3n) is 4.39. The van der Waals surface area contributed by atoms with Crippen molar-refractivity contribution in [3.63, 3.8) is 0 Å². The molecule has 0 aromatic heterocycles. The normalized spacial score (nSPS) is 36.6. The standard InChI is InChI=1S/C14H20/c1-2-6-12-10-14-8-4-3-7-13(14)9-11(12)5-1/h5-6,13-14H,1-4,7-10H2. The minimum absolute atomic E-state index is 1.05. The summed E-state index contributed by atoms with van der Waals surface area (Å²) < 4.78 is 0. The molecule has 0 amide bonds. The lowest BCUT2D eigenvalue weighted by Crippen LogP contribution is -2.26. The summed E-state index contributed by atoms with van der Waals surface area (Å²) in [6.07, 6.45) is 16.5. The highest BCUT2D eigenvalue weighted by Crippen LogP contribution is 2.45. The summed E-state index contributed by atoms with van der Waals surface area (Å²) in [4.78, 5) is 0. The van der Waals surface area contributed by atoms with Gasteiger partial charge in [0.05, 0.1) is 0 Å². The fourth-order valence-electron chi connectivity index (χ4n) is 3.59. The van der Waals surface area contributed by atoms with Crippen molar-refractivity contribution in [2.24, 2.45) is 11.8 Å². The first kappa shape index (κ1) is 8.76. The average Bonchev–Trinajstić information content (AvgIpc) is 2.26. The van der Waals surface area contributed by atoms with Crippen molar-refractivity contribution < 1.29 is 0 Å². The first-order valence-corrected chi connectivity index (χ1v) is 6.32. The van der Waals surface area contributed by atoms with Crippen molar-refractivity contribution in [3.8, 4) is 0 Å². The van der Waals surface area contributed by atoms with E-state index in [0.29, 0.717) is 0 Å². The number of hydrogen-bond donors (Lipinski definition) is 0. The van der Waals surface area contributed by atoms with Crippen molar-refractivity contribution in [2.75, 3.05) is 0 Å². The molecule has 3 aliphatic carbocycles. The van der Waals surface area contributed by atoms with Gasteiger partial charge >= 0.3 is 0 Å². The number of rotatable bonds is 0. The van der Waals surface area contributed by atoms with Gasteiger partial charge in [-0.3, -0.25) is 0 Å². The van der Waals surface area contributed by atoms with E-state index in [-0.39, 0.29) is 0 Å². The summed E-state index contributed by atoms with van der Waals surface area (Å²) in [5.41, 5.74) is 3.44. The van der Waals surface area contributed by atoms with Crippen LogP contribution < -0.4 is 0 Å². The zero-order chi connectivity index (χ0) is 9.38. The van der Waals surface area contributed by atoms with Gasteiger partial charge in [0, 0.05) is 0 Å². The van der Waals surface area contributed by atoms with Gasteiger partial charge in [-0.15, -0.1) is 0 Å². The van der Waals surface area contributed by atoms with E-state index in [1.165, 1.54) is 51.4 Å². The number of hydrogen-bond acceptors (Lipinski definition) is 0. The van der Waals surface area contributed by atoms with Crippen molar-refractivity contribution in [3.05, 3.63) is 23.3 Å². The minimum Gasteiger partial charge on any atom is -0.0807 e. The molecule has 2 atom stereocenters. The van der Waals surface area contributed by atoms with Gasteiger partial charge in [-0.05, 0) is 61.5 Å². The molecule has 0 heterocycles. The molecule has 76 valence electrons. The highest BCUT2D eigenvalue weighted by atomic mass is 14.4. The molecule has 0 aliphatic heterocycles. The van der Waals surface area contributed by atoms with Gasteiger partial charge < -0.3 is 0 Å². The Labute approximate surface area is 87.1 Å². The first-order chi connectivity index (χ1) is 6.93. The van der Waals surface area contributed by atoms with Crippen LogP contribution in [-0.4, -0.2) is 0 Å². The Morgan fingerprint density at radius 3 is 1.79 bits per heavy atom. The Hall–Kier alpha value is -0.520. The van der Waals surface area contributed by atoms with Crippen molar-refractivity contribution >= 4 is 0 Å².